The van der Waals surface area contributed by atoms with Crippen molar-refractivity contribution in [3.8, 4) is 17.1 Å². The Morgan fingerprint density at radius 3 is 2.62 bits per heavy atom. The number of amides is 2. The van der Waals surface area contributed by atoms with Crippen LogP contribution in [0.5, 0.6) is 5.75 Å². The standard InChI is InChI=1S/C21H19F3N6O3S/c1-25-19(32)16-10-29(14-4-2-3-5-15(14)33-16)17(31)11-34-20-28-27-18(13-6-8-26-9-7-13)30(20)12-21(22,23)24/h2-9,16H,10-12H2,1H3,(H,25,32). The predicted molar refractivity (Wildman–Crippen MR) is 117 cm³/mol. The van der Waals surface area contributed by atoms with Crippen LogP contribution < -0.4 is 15.0 Å². The molecule has 1 unspecified atom stereocenters. The molecule has 1 atom stereocenters. The van der Waals surface area contributed by atoms with Gasteiger partial charge in [0.2, 0.25) is 5.91 Å². The molecule has 1 N–H and O–H groups in total. The largest absolute Gasteiger partial charge is 0.477 e. The van der Waals surface area contributed by atoms with Crippen molar-refractivity contribution in [3.05, 3.63) is 48.8 Å². The molecule has 13 heteroatoms. The van der Waals surface area contributed by atoms with Crippen LogP contribution in [0.15, 0.2) is 53.9 Å². The minimum absolute atomic E-state index is 0.0195. The molecular formula is C21H19F3N6O3S. The van der Waals surface area contributed by atoms with E-state index in [1.165, 1.54) is 36.5 Å². The second-order valence-corrected chi connectivity index (χ2v) is 8.17. The number of thioether (sulfide) groups is 1. The maximum Gasteiger partial charge on any atom is 0.406 e. The van der Waals surface area contributed by atoms with Gasteiger partial charge in [-0.05, 0) is 24.3 Å². The molecule has 1 aliphatic heterocycles. The molecule has 34 heavy (non-hydrogen) atoms. The van der Waals surface area contributed by atoms with Gasteiger partial charge in [-0.3, -0.25) is 19.1 Å². The number of hydrogen-bond acceptors (Lipinski definition) is 7. The van der Waals surface area contributed by atoms with E-state index >= 15 is 0 Å². The zero-order chi connectivity index (χ0) is 24.3. The van der Waals surface area contributed by atoms with Crippen molar-refractivity contribution in [2.45, 2.75) is 24.0 Å². The second-order valence-electron chi connectivity index (χ2n) is 7.22. The van der Waals surface area contributed by atoms with E-state index in [2.05, 4.69) is 20.5 Å². The number of benzene rings is 1. The van der Waals surface area contributed by atoms with Crippen LogP contribution in [0.25, 0.3) is 11.4 Å². The number of alkyl halides is 3. The molecule has 9 nitrogen and oxygen atoms in total. The Kier molecular flexibility index (Phi) is 6.72. The van der Waals surface area contributed by atoms with Gasteiger partial charge in [0.05, 0.1) is 18.0 Å². The van der Waals surface area contributed by atoms with Gasteiger partial charge in [-0.15, -0.1) is 10.2 Å². The number of pyridine rings is 1. The number of rotatable bonds is 6. The van der Waals surface area contributed by atoms with Gasteiger partial charge in [0, 0.05) is 25.0 Å². The molecule has 0 bridgehead atoms. The van der Waals surface area contributed by atoms with Crippen molar-refractivity contribution in [2.75, 3.05) is 24.2 Å². The van der Waals surface area contributed by atoms with E-state index in [0.717, 1.165) is 16.3 Å². The molecule has 0 spiro atoms. The van der Waals surface area contributed by atoms with Gasteiger partial charge in [-0.1, -0.05) is 23.9 Å². The molecule has 2 amide bonds. The molecule has 178 valence electrons. The van der Waals surface area contributed by atoms with Crippen LogP contribution in [0.3, 0.4) is 0 Å². The number of aromatic nitrogens is 4. The van der Waals surface area contributed by atoms with E-state index in [1.54, 1.807) is 24.3 Å². The van der Waals surface area contributed by atoms with Crippen molar-refractivity contribution < 1.29 is 27.5 Å². The number of carbonyl (C=O) groups excluding carboxylic acids is 2. The third kappa shape index (κ3) is 5.14. The molecule has 1 aromatic carbocycles. The number of ether oxygens (including phenoxy) is 1. The lowest BCUT2D eigenvalue weighted by Crippen LogP contribution is -2.50. The first-order valence-electron chi connectivity index (χ1n) is 10.1. The number of anilines is 1. The number of likely N-dealkylation sites (N-methyl/N-ethyl adjacent to an activating group) is 1. The molecule has 0 fully saturated rings. The SMILES string of the molecule is CNC(=O)C1CN(C(=O)CSc2nnc(-c3ccncc3)n2CC(F)(F)F)c2ccccc2O1. The maximum atomic E-state index is 13.3. The van der Waals surface area contributed by atoms with E-state index in [0.29, 0.717) is 17.0 Å². The first kappa shape index (κ1) is 23.5. The minimum Gasteiger partial charge on any atom is -0.477 e. The topological polar surface area (TPSA) is 102 Å². The fraction of sp³-hybridized carbons (Fsp3) is 0.286. The lowest BCUT2D eigenvalue weighted by atomic mass is 10.2. The highest BCUT2D eigenvalue weighted by Crippen LogP contribution is 2.34. The number of nitrogens with one attached hydrogen (secondary N) is 1. The molecule has 3 heterocycles. The van der Waals surface area contributed by atoms with Crippen LogP contribution in [0.1, 0.15) is 0 Å². The summed E-state index contributed by atoms with van der Waals surface area (Å²) in [4.78, 5) is 30.5. The summed E-state index contributed by atoms with van der Waals surface area (Å²) in [6.07, 6.45) is -2.55. The van der Waals surface area contributed by atoms with Crippen LogP contribution in [-0.2, 0) is 16.1 Å². The Morgan fingerprint density at radius 2 is 1.91 bits per heavy atom. The third-order valence-corrected chi connectivity index (χ3v) is 5.88. The van der Waals surface area contributed by atoms with Crippen molar-refractivity contribution >= 4 is 29.3 Å². The van der Waals surface area contributed by atoms with Crippen molar-refractivity contribution in [2.24, 2.45) is 0 Å². The molecule has 3 aromatic rings. The monoisotopic (exact) mass is 492 g/mol. The predicted octanol–water partition coefficient (Wildman–Crippen LogP) is 2.53. The summed E-state index contributed by atoms with van der Waals surface area (Å²) in [5, 5.41) is 10.2. The highest BCUT2D eigenvalue weighted by molar-refractivity contribution is 7.99. The van der Waals surface area contributed by atoms with Crippen molar-refractivity contribution in [3.63, 3.8) is 0 Å². The molecule has 0 saturated heterocycles. The number of para-hydroxylation sites is 2. The highest BCUT2D eigenvalue weighted by atomic mass is 32.2. The van der Waals surface area contributed by atoms with Gasteiger partial charge in [0.1, 0.15) is 12.3 Å². The van der Waals surface area contributed by atoms with E-state index in [4.69, 9.17) is 4.74 Å². The van der Waals surface area contributed by atoms with Gasteiger partial charge >= 0.3 is 6.18 Å². The van der Waals surface area contributed by atoms with E-state index < -0.39 is 30.6 Å². The highest BCUT2D eigenvalue weighted by Gasteiger charge is 2.34. The number of fused-ring (bicyclic) bond motifs is 1. The van der Waals surface area contributed by atoms with Gasteiger partial charge in [-0.2, -0.15) is 13.2 Å². The first-order chi connectivity index (χ1) is 16.3. The van der Waals surface area contributed by atoms with Gasteiger partial charge in [0.15, 0.2) is 17.1 Å². The fourth-order valence-corrected chi connectivity index (χ4v) is 4.22. The Morgan fingerprint density at radius 1 is 1.18 bits per heavy atom. The Labute approximate surface area is 196 Å². The van der Waals surface area contributed by atoms with Gasteiger partial charge in [-0.25, -0.2) is 0 Å². The summed E-state index contributed by atoms with van der Waals surface area (Å²) in [5.41, 5.74) is 0.892. The van der Waals surface area contributed by atoms with E-state index in [-0.39, 0.29) is 23.3 Å². The molecule has 0 radical (unpaired) electrons. The molecule has 2 aromatic heterocycles. The molecule has 4 rings (SSSR count). The van der Waals surface area contributed by atoms with Crippen molar-refractivity contribution in [1.82, 2.24) is 25.1 Å². The van der Waals surface area contributed by atoms with Gasteiger partial charge < -0.3 is 15.0 Å². The maximum absolute atomic E-state index is 13.3. The average molecular weight is 492 g/mol. The minimum atomic E-state index is -4.52. The lowest BCUT2D eigenvalue weighted by molar-refractivity contribution is -0.141. The number of hydrogen-bond donors (Lipinski definition) is 1. The average Bonchev–Trinajstić information content (AvgIpc) is 3.22. The molecular weight excluding hydrogens is 473 g/mol. The summed E-state index contributed by atoms with van der Waals surface area (Å²) < 4.78 is 46.4. The summed E-state index contributed by atoms with van der Waals surface area (Å²) in [6, 6.07) is 9.80. The molecule has 1 aliphatic rings. The number of carbonyl (C=O) groups is 2. The number of halogens is 3. The lowest BCUT2D eigenvalue weighted by Gasteiger charge is -2.34. The third-order valence-electron chi connectivity index (χ3n) is 4.93. The van der Waals surface area contributed by atoms with Crippen LogP contribution in [0.4, 0.5) is 18.9 Å². The molecule has 0 aliphatic carbocycles. The summed E-state index contributed by atoms with van der Waals surface area (Å²) in [5.74, 6) is -0.651. The Bertz CT molecular complexity index is 1190. The van der Waals surface area contributed by atoms with Crippen LogP contribution >= 0.6 is 11.8 Å². The Balaban J connectivity index is 1.57. The Hall–Kier alpha value is -3.61. The van der Waals surface area contributed by atoms with Gasteiger partial charge in [0.25, 0.3) is 5.91 Å². The zero-order valence-electron chi connectivity index (χ0n) is 17.8. The van der Waals surface area contributed by atoms with E-state index in [1.807, 2.05) is 0 Å². The summed E-state index contributed by atoms with van der Waals surface area (Å²) >= 11 is 0.836. The van der Waals surface area contributed by atoms with Crippen molar-refractivity contribution in [1.29, 1.82) is 0 Å². The fourth-order valence-electron chi connectivity index (χ4n) is 3.40. The molecule has 0 saturated carbocycles. The summed E-state index contributed by atoms with van der Waals surface area (Å²) in [6.45, 7) is -1.35. The quantitative estimate of drug-likeness (QED) is 0.528. The smallest absolute Gasteiger partial charge is 0.406 e. The second kappa shape index (κ2) is 9.71. The van der Waals surface area contributed by atoms with Crippen LogP contribution in [0.2, 0.25) is 0 Å². The summed E-state index contributed by atoms with van der Waals surface area (Å²) in [7, 11) is 1.46. The first-order valence-corrected chi connectivity index (χ1v) is 11.1. The number of nitrogens with zero attached hydrogens (tertiary/aromatic N) is 5. The van der Waals surface area contributed by atoms with Crippen LogP contribution in [-0.4, -0.2) is 63.2 Å². The zero-order valence-corrected chi connectivity index (χ0v) is 18.6. The van der Waals surface area contributed by atoms with Crippen LogP contribution in [0, 0.1) is 0 Å². The normalized spacial score (nSPS) is 15.4. The van der Waals surface area contributed by atoms with E-state index in [9.17, 15) is 22.8 Å².